The molecule has 0 spiro atoms. The van der Waals surface area contributed by atoms with Crippen molar-refractivity contribution in [1.82, 2.24) is 15.1 Å². The van der Waals surface area contributed by atoms with Crippen molar-refractivity contribution in [1.29, 1.82) is 0 Å². The first-order valence-corrected chi connectivity index (χ1v) is 7.06. The number of hydrogen-bond donors (Lipinski definition) is 2. The fourth-order valence-corrected chi connectivity index (χ4v) is 2.25. The van der Waals surface area contributed by atoms with Gasteiger partial charge in [0.2, 0.25) is 5.91 Å². The maximum Gasteiger partial charge on any atom is 0.233 e. The van der Waals surface area contributed by atoms with E-state index in [0.717, 1.165) is 16.8 Å². The second-order valence-electron chi connectivity index (χ2n) is 4.80. The van der Waals surface area contributed by atoms with Crippen LogP contribution in [0.4, 0.5) is 0 Å². The van der Waals surface area contributed by atoms with Crippen LogP contribution in [-0.2, 0) is 24.8 Å². The molecule has 2 rings (SSSR count). The molecule has 0 aliphatic rings. The summed E-state index contributed by atoms with van der Waals surface area (Å²) in [6, 6.07) is 9.89. The normalized spacial score (nSPS) is 12.2. The average Bonchev–Trinajstić information content (AvgIpc) is 2.77. The second kappa shape index (κ2) is 6.61. The van der Waals surface area contributed by atoms with Gasteiger partial charge in [0, 0.05) is 24.8 Å². The molecule has 5 heteroatoms. The lowest BCUT2D eigenvalue weighted by Gasteiger charge is -2.11. The highest BCUT2D eigenvalue weighted by Gasteiger charge is 2.15. The van der Waals surface area contributed by atoms with Gasteiger partial charge in [-0.1, -0.05) is 30.3 Å². The first-order valence-electron chi connectivity index (χ1n) is 6.55. The maximum absolute atomic E-state index is 12.0. The molecule has 1 amide bonds. The molecule has 0 aliphatic carbocycles. The fraction of sp³-hybridized carbons (Fsp3) is 0.333. The quantitative estimate of drug-likeness (QED) is 0.826. The summed E-state index contributed by atoms with van der Waals surface area (Å²) in [5.41, 5.74) is 3.20. The predicted octanol–water partition coefficient (Wildman–Crippen LogP) is 1.89. The lowest BCUT2D eigenvalue weighted by atomic mass is 10.1. The van der Waals surface area contributed by atoms with Gasteiger partial charge in [-0.05, 0) is 18.9 Å². The van der Waals surface area contributed by atoms with Crippen molar-refractivity contribution >= 4 is 18.5 Å². The van der Waals surface area contributed by atoms with E-state index < -0.39 is 0 Å². The van der Waals surface area contributed by atoms with Gasteiger partial charge in [0.15, 0.2) is 0 Å². The Kier molecular flexibility index (Phi) is 4.84. The van der Waals surface area contributed by atoms with E-state index in [9.17, 15) is 4.79 Å². The molecule has 1 atom stereocenters. The molecular weight excluding hydrogens is 270 g/mol. The van der Waals surface area contributed by atoms with Gasteiger partial charge in [0.25, 0.3) is 0 Å². The number of nitrogens with one attached hydrogen (secondary N) is 1. The largest absolute Gasteiger partial charge is 0.351 e. The highest BCUT2D eigenvalue weighted by Crippen LogP contribution is 2.09. The predicted molar refractivity (Wildman–Crippen MR) is 82.7 cm³/mol. The van der Waals surface area contributed by atoms with E-state index in [-0.39, 0.29) is 11.2 Å². The van der Waals surface area contributed by atoms with Gasteiger partial charge in [0.05, 0.1) is 11.4 Å². The van der Waals surface area contributed by atoms with E-state index in [1.165, 1.54) is 0 Å². The molecule has 0 saturated heterocycles. The van der Waals surface area contributed by atoms with E-state index in [4.69, 9.17) is 0 Å². The molecule has 1 heterocycles. The zero-order valence-corrected chi connectivity index (χ0v) is 12.6. The molecule has 0 radical (unpaired) electrons. The summed E-state index contributed by atoms with van der Waals surface area (Å²) in [4.78, 5) is 12.0. The van der Waals surface area contributed by atoms with Crippen molar-refractivity contribution in [2.75, 3.05) is 0 Å². The van der Waals surface area contributed by atoms with Crippen molar-refractivity contribution in [3.05, 3.63) is 53.3 Å². The van der Waals surface area contributed by atoms with Crippen molar-refractivity contribution < 1.29 is 4.79 Å². The summed E-state index contributed by atoms with van der Waals surface area (Å²) in [5.74, 6) is -0.0551. The first kappa shape index (κ1) is 14.7. The summed E-state index contributed by atoms with van der Waals surface area (Å²) in [6.45, 7) is 2.47. The molecule has 20 heavy (non-hydrogen) atoms. The monoisotopic (exact) mass is 289 g/mol. The Hall–Kier alpha value is -1.75. The average molecular weight is 289 g/mol. The molecule has 1 aromatic carbocycles. The fourth-order valence-electron chi connectivity index (χ4n) is 1.95. The number of thiol groups is 1. The second-order valence-corrected chi connectivity index (χ2v) is 5.43. The van der Waals surface area contributed by atoms with Crippen molar-refractivity contribution in [3.8, 4) is 0 Å². The Morgan fingerprint density at radius 1 is 1.40 bits per heavy atom. The Labute approximate surface area is 124 Å². The van der Waals surface area contributed by atoms with Crippen molar-refractivity contribution in [2.45, 2.75) is 25.1 Å². The first-order chi connectivity index (χ1) is 9.58. The molecule has 1 aromatic heterocycles. The van der Waals surface area contributed by atoms with E-state index in [2.05, 4.69) is 23.0 Å². The van der Waals surface area contributed by atoms with E-state index >= 15 is 0 Å². The van der Waals surface area contributed by atoms with E-state index in [1.807, 2.05) is 44.3 Å². The lowest BCUT2D eigenvalue weighted by Crippen LogP contribution is -2.32. The molecule has 106 valence electrons. The molecule has 0 fully saturated rings. The maximum atomic E-state index is 12.0. The van der Waals surface area contributed by atoms with Crippen LogP contribution in [0.1, 0.15) is 16.8 Å². The summed E-state index contributed by atoms with van der Waals surface area (Å²) >= 11 is 4.38. The van der Waals surface area contributed by atoms with Crippen molar-refractivity contribution in [3.63, 3.8) is 0 Å². The summed E-state index contributed by atoms with van der Waals surface area (Å²) in [6.07, 6.45) is 2.40. The van der Waals surface area contributed by atoms with Gasteiger partial charge >= 0.3 is 0 Å². The molecule has 4 nitrogen and oxygen atoms in total. The topological polar surface area (TPSA) is 46.9 Å². The van der Waals surface area contributed by atoms with Crippen LogP contribution in [0.2, 0.25) is 0 Å². The lowest BCUT2D eigenvalue weighted by molar-refractivity contribution is -0.120. The molecule has 1 unspecified atom stereocenters. The SMILES string of the molecule is Cc1c(CNC(=O)C(S)Cc2ccccc2)cnn1C. The van der Waals surface area contributed by atoms with Gasteiger partial charge in [-0.2, -0.15) is 17.7 Å². The van der Waals surface area contributed by atoms with Crippen molar-refractivity contribution in [2.24, 2.45) is 7.05 Å². The highest BCUT2D eigenvalue weighted by molar-refractivity contribution is 7.81. The van der Waals surface area contributed by atoms with Crippen LogP contribution >= 0.6 is 12.6 Å². The summed E-state index contributed by atoms with van der Waals surface area (Å²) in [5, 5.41) is 6.72. The van der Waals surface area contributed by atoms with E-state index in [0.29, 0.717) is 13.0 Å². The Morgan fingerprint density at radius 2 is 2.10 bits per heavy atom. The Balaban J connectivity index is 1.87. The zero-order valence-electron chi connectivity index (χ0n) is 11.7. The molecule has 1 N–H and O–H groups in total. The molecule has 0 aliphatic heterocycles. The molecule has 0 bridgehead atoms. The third kappa shape index (κ3) is 3.63. The minimum Gasteiger partial charge on any atom is -0.351 e. The Morgan fingerprint density at radius 3 is 2.70 bits per heavy atom. The van der Waals surface area contributed by atoms with Gasteiger partial charge in [0.1, 0.15) is 0 Å². The number of aryl methyl sites for hydroxylation is 1. The minimum absolute atomic E-state index is 0.0551. The van der Waals surface area contributed by atoms with Crippen LogP contribution in [0.3, 0.4) is 0 Å². The molecule has 0 saturated carbocycles. The third-order valence-corrected chi connectivity index (χ3v) is 3.78. The molecule has 2 aromatic rings. The van der Waals surface area contributed by atoms with Gasteiger partial charge < -0.3 is 5.32 Å². The zero-order chi connectivity index (χ0) is 14.5. The number of carbonyl (C=O) groups excluding carboxylic acids is 1. The van der Waals surface area contributed by atoms with E-state index in [1.54, 1.807) is 10.9 Å². The van der Waals surface area contributed by atoms with Gasteiger partial charge in [-0.15, -0.1) is 0 Å². The van der Waals surface area contributed by atoms with Gasteiger partial charge in [-0.25, -0.2) is 0 Å². The number of hydrogen-bond acceptors (Lipinski definition) is 3. The van der Waals surface area contributed by atoms with Crippen LogP contribution in [0, 0.1) is 6.92 Å². The summed E-state index contributed by atoms with van der Waals surface area (Å²) in [7, 11) is 1.89. The molecular formula is C15H19N3OS. The number of amides is 1. The highest BCUT2D eigenvalue weighted by atomic mass is 32.1. The van der Waals surface area contributed by atoms with Crippen LogP contribution in [0.25, 0.3) is 0 Å². The number of aromatic nitrogens is 2. The minimum atomic E-state index is -0.339. The third-order valence-electron chi connectivity index (χ3n) is 3.36. The number of benzene rings is 1. The van der Waals surface area contributed by atoms with Crippen LogP contribution < -0.4 is 5.32 Å². The van der Waals surface area contributed by atoms with Crippen LogP contribution in [-0.4, -0.2) is 20.9 Å². The number of carbonyl (C=O) groups is 1. The smallest absolute Gasteiger partial charge is 0.233 e. The Bertz CT molecular complexity index is 580. The van der Waals surface area contributed by atoms with Gasteiger partial charge in [-0.3, -0.25) is 9.48 Å². The van der Waals surface area contributed by atoms with Crippen LogP contribution in [0.15, 0.2) is 36.5 Å². The number of rotatable bonds is 5. The van der Waals surface area contributed by atoms with Crippen LogP contribution in [0.5, 0.6) is 0 Å². The standard InChI is InChI=1S/C15H19N3OS/c1-11-13(10-17-18(11)2)9-16-15(19)14(20)8-12-6-4-3-5-7-12/h3-7,10,14,20H,8-9H2,1-2H3,(H,16,19). The number of nitrogens with zero attached hydrogens (tertiary/aromatic N) is 2. The summed E-state index contributed by atoms with van der Waals surface area (Å²) < 4.78 is 1.80.